The molecule has 4 rings (SSSR count). The molecule has 3 aromatic carbocycles. The number of phenols is 1. The highest BCUT2D eigenvalue weighted by atomic mass is 16.5. The number of carbonyl (C=O) groups excluding carboxylic acids is 1. The number of methoxy groups -OCH3 is 3. The fourth-order valence-corrected chi connectivity index (χ4v) is 4.89. The van der Waals surface area contributed by atoms with Crippen LogP contribution in [0.1, 0.15) is 53.1 Å². The van der Waals surface area contributed by atoms with Crippen molar-refractivity contribution in [3.63, 3.8) is 0 Å². The van der Waals surface area contributed by atoms with Crippen LogP contribution in [0.5, 0.6) is 23.0 Å². The first-order chi connectivity index (χ1) is 16.5. The Morgan fingerprint density at radius 2 is 1.59 bits per heavy atom. The van der Waals surface area contributed by atoms with Gasteiger partial charge in [0.05, 0.1) is 27.4 Å². The molecular formula is C28H30O6. The zero-order valence-corrected chi connectivity index (χ0v) is 19.7. The van der Waals surface area contributed by atoms with Crippen LogP contribution in [0.15, 0.2) is 48.5 Å². The van der Waals surface area contributed by atoms with E-state index >= 15 is 0 Å². The Balaban J connectivity index is 1.77. The van der Waals surface area contributed by atoms with Gasteiger partial charge in [-0.3, -0.25) is 4.79 Å². The molecule has 178 valence electrons. The molecule has 0 spiro atoms. The van der Waals surface area contributed by atoms with Crippen LogP contribution in [0.3, 0.4) is 0 Å². The van der Waals surface area contributed by atoms with Gasteiger partial charge in [-0.2, -0.15) is 0 Å². The summed E-state index contributed by atoms with van der Waals surface area (Å²) in [4.78, 5) is 13.3. The summed E-state index contributed by atoms with van der Waals surface area (Å²) in [7, 11) is 4.57. The Kier molecular flexibility index (Phi) is 7.08. The van der Waals surface area contributed by atoms with Crippen LogP contribution in [-0.2, 0) is 0 Å². The van der Waals surface area contributed by atoms with E-state index in [0.717, 1.165) is 34.9 Å². The van der Waals surface area contributed by atoms with E-state index in [1.807, 2.05) is 36.4 Å². The normalized spacial score (nSPS) is 18.2. The van der Waals surface area contributed by atoms with E-state index in [-0.39, 0.29) is 23.0 Å². The Labute approximate surface area is 199 Å². The first-order valence-electron chi connectivity index (χ1n) is 11.4. The van der Waals surface area contributed by atoms with Gasteiger partial charge < -0.3 is 24.4 Å². The highest BCUT2D eigenvalue weighted by molar-refractivity contribution is 6.12. The summed E-state index contributed by atoms with van der Waals surface area (Å²) in [5.41, 5.74) is 1.37. The van der Waals surface area contributed by atoms with Crippen LogP contribution in [0.25, 0.3) is 16.8 Å². The van der Waals surface area contributed by atoms with Crippen LogP contribution in [0, 0.1) is 0 Å². The number of rotatable bonds is 7. The van der Waals surface area contributed by atoms with E-state index in [1.54, 1.807) is 19.3 Å². The molecule has 0 bridgehead atoms. The fraction of sp³-hybridized carbons (Fsp3) is 0.321. The van der Waals surface area contributed by atoms with Gasteiger partial charge in [-0.25, -0.2) is 0 Å². The zero-order valence-electron chi connectivity index (χ0n) is 19.7. The minimum absolute atomic E-state index is 0.0603. The van der Waals surface area contributed by atoms with Crippen molar-refractivity contribution in [3.05, 3.63) is 65.2 Å². The minimum atomic E-state index is -0.605. The first-order valence-corrected chi connectivity index (χ1v) is 11.4. The average molecular weight is 463 g/mol. The number of fused-ring (bicyclic) bond motifs is 1. The number of hydrogen-bond acceptors (Lipinski definition) is 6. The lowest BCUT2D eigenvalue weighted by atomic mass is 9.80. The Hall–Kier alpha value is -3.51. The summed E-state index contributed by atoms with van der Waals surface area (Å²) in [6.07, 6.45) is 5.77. The highest BCUT2D eigenvalue weighted by Crippen LogP contribution is 2.47. The summed E-state index contributed by atoms with van der Waals surface area (Å²) in [6.45, 7) is 0. The molecule has 2 atom stereocenters. The quantitative estimate of drug-likeness (QED) is 0.357. The number of ketones is 1. The van der Waals surface area contributed by atoms with Crippen LogP contribution >= 0.6 is 0 Å². The Morgan fingerprint density at radius 3 is 2.29 bits per heavy atom. The molecule has 3 aromatic rings. The second kappa shape index (κ2) is 10.2. The molecule has 34 heavy (non-hydrogen) atoms. The highest BCUT2D eigenvalue weighted by Gasteiger charge is 2.33. The molecule has 0 unspecified atom stereocenters. The summed E-state index contributed by atoms with van der Waals surface area (Å²) in [5, 5.41) is 23.7. The van der Waals surface area contributed by atoms with Gasteiger partial charge in [0.15, 0.2) is 5.78 Å². The molecule has 0 amide bonds. The first kappa shape index (κ1) is 23.6. The predicted molar refractivity (Wildman–Crippen MR) is 132 cm³/mol. The van der Waals surface area contributed by atoms with Crippen molar-refractivity contribution in [1.82, 2.24) is 0 Å². The van der Waals surface area contributed by atoms with Crippen molar-refractivity contribution < 1.29 is 29.2 Å². The second-order valence-electron chi connectivity index (χ2n) is 8.48. The Morgan fingerprint density at radius 1 is 0.912 bits per heavy atom. The second-order valence-corrected chi connectivity index (χ2v) is 8.48. The third-order valence-electron chi connectivity index (χ3n) is 6.60. The lowest BCUT2D eigenvalue weighted by Gasteiger charge is -2.30. The van der Waals surface area contributed by atoms with Crippen molar-refractivity contribution in [2.75, 3.05) is 21.3 Å². The monoisotopic (exact) mass is 462 g/mol. The molecule has 0 aliphatic heterocycles. The van der Waals surface area contributed by atoms with Gasteiger partial charge in [0, 0.05) is 22.9 Å². The molecule has 2 N–H and O–H groups in total. The van der Waals surface area contributed by atoms with Gasteiger partial charge >= 0.3 is 0 Å². The lowest BCUT2D eigenvalue weighted by molar-refractivity contribution is 0.101. The van der Waals surface area contributed by atoms with Crippen LogP contribution in [-0.4, -0.2) is 43.4 Å². The van der Waals surface area contributed by atoms with Gasteiger partial charge in [0.1, 0.15) is 28.6 Å². The van der Waals surface area contributed by atoms with Crippen molar-refractivity contribution >= 4 is 22.6 Å². The zero-order chi connectivity index (χ0) is 24.2. The molecule has 0 radical (unpaired) electrons. The smallest absolute Gasteiger partial charge is 0.193 e. The molecule has 1 saturated carbocycles. The number of aliphatic hydroxyl groups is 1. The van der Waals surface area contributed by atoms with Crippen molar-refractivity contribution in [2.45, 2.75) is 37.7 Å². The number of ether oxygens (including phenoxy) is 3. The summed E-state index contributed by atoms with van der Waals surface area (Å²) < 4.78 is 16.4. The number of aromatic hydroxyl groups is 1. The molecular weight excluding hydrogens is 432 g/mol. The van der Waals surface area contributed by atoms with Crippen molar-refractivity contribution in [2.24, 2.45) is 0 Å². The summed E-state index contributed by atoms with van der Waals surface area (Å²) in [6, 6.07) is 13.2. The predicted octanol–water partition coefficient (Wildman–Crippen LogP) is 5.49. The van der Waals surface area contributed by atoms with E-state index in [0.29, 0.717) is 24.2 Å². The van der Waals surface area contributed by atoms with E-state index in [9.17, 15) is 15.0 Å². The summed E-state index contributed by atoms with van der Waals surface area (Å²) in [5.74, 6) is 0.472. The molecule has 0 saturated heterocycles. The number of phenolic OH excluding ortho intramolecular Hbond substituents is 1. The van der Waals surface area contributed by atoms with E-state index < -0.39 is 11.9 Å². The van der Waals surface area contributed by atoms with Crippen LogP contribution < -0.4 is 14.2 Å². The fourth-order valence-electron chi connectivity index (χ4n) is 4.89. The molecule has 0 aromatic heterocycles. The standard InChI is InChI=1S/C28H30O6/c1-32-23-13-7-10-18-17(8-6-11-19(18)23)14-15-22(30)27-25(34-3)16-24(33-2)26(28(27)31)20-9-4-5-12-21(20)29/h6-8,10-11,13-16,20-21,29,31H,4-5,9,12H2,1-3H3/b15-14+/t20-,21-/m1/s1. The topological polar surface area (TPSA) is 85.2 Å². The van der Waals surface area contributed by atoms with Crippen molar-refractivity contribution in [1.29, 1.82) is 0 Å². The van der Waals surface area contributed by atoms with Gasteiger partial charge in [-0.15, -0.1) is 0 Å². The Bertz CT molecular complexity index is 1230. The third kappa shape index (κ3) is 4.33. The molecule has 1 fully saturated rings. The van der Waals surface area contributed by atoms with Crippen molar-refractivity contribution in [3.8, 4) is 23.0 Å². The molecule has 1 aliphatic carbocycles. The number of aliphatic hydroxyl groups excluding tert-OH is 1. The minimum Gasteiger partial charge on any atom is -0.507 e. The van der Waals surface area contributed by atoms with E-state index in [2.05, 4.69) is 0 Å². The third-order valence-corrected chi connectivity index (χ3v) is 6.60. The number of allylic oxidation sites excluding steroid dienone is 1. The largest absolute Gasteiger partial charge is 0.507 e. The number of hydrogen-bond donors (Lipinski definition) is 2. The number of benzene rings is 3. The molecule has 0 heterocycles. The van der Waals surface area contributed by atoms with Gasteiger partial charge in [0.25, 0.3) is 0 Å². The van der Waals surface area contributed by atoms with E-state index in [4.69, 9.17) is 14.2 Å². The SMILES string of the molecule is COc1cc(OC)c([C@@H]2CCCC[C@H]2O)c(O)c1C(=O)/C=C/c1cccc2c(OC)cccc12. The number of carbonyl (C=O) groups is 1. The molecule has 1 aliphatic rings. The van der Waals surface area contributed by atoms with Gasteiger partial charge in [-0.05, 0) is 35.9 Å². The average Bonchev–Trinajstić information content (AvgIpc) is 2.86. The maximum Gasteiger partial charge on any atom is 0.193 e. The lowest BCUT2D eigenvalue weighted by Crippen LogP contribution is -2.23. The van der Waals surface area contributed by atoms with Gasteiger partial charge in [0.2, 0.25) is 0 Å². The van der Waals surface area contributed by atoms with E-state index in [1.165, 1.54) is 20.3 Å². The maximum atomic E-state index is 13.3. The van der Waals surface area contributed by atoms with Crippen LogP contribution in [0.4, 0.5) is 0 Å². The van der Waals surface area contributed by atoms with Gasteiger partial charge in [-0.1, -0.05) is 49.2 Å². The molecule has 6 nitrogen and oxygen atoms in total. The van der Waals surface area contributed by atoms with Crippen LogP contribution in [0.2, 0.25) is 0 Å². The summed E-state index contributed by atoms with van der Waals surface area (Å²) >= 11 is 0. The maximum absolute atomic E-state index is 13.3. The molecule has 6 heteroatoms.